The van der Waals surface area contributed by atoms with Crippen LogP contribution in [0.2, 0.25) is 0 Å². The average Bonchev–Trinajstić information content (AvgIpc) is 3.05. The molecule has 0 aliphatic carbocycles. The highest BCUT2D eigenvalue weighted by molar-refractivity contribution is 7.98. The summed E-state index contributed by atoms with van der Waals surface area (Å²) in [5.41, 5.74) is 1.89. The van der Waals surface area contributed by atoms with Crippen molar-refractivity contribution in [3.63, 3.8) is 0 Å². The van der Waals surface area contributed by atoms with E-state index in [0.717, 1.165) is 16.9 Å². The highest BCUT2D eigenvalue weighted by Crippen LogP contribution is 2.42. The second kappa shape index (κ2) is 6.10. The highest BCUT2D eigenvalue weighted by atomic mass is 32.2. The van der Waals surface area contributed by atoms with Crippen molar-refractivity contribution in [1.29, 1.82) is 0 Å². The molecule has 1 fully saturated rings. The van der Waals surface area contributed by atoms with Crippen molar-refractivity contribution in [2.24, 2.45) is 0 Å². The van der Waals surface area contributed by atoms with Crippen molar-refractivity contribution in [2.45, 2.75) is 10.7 Å². The van der Waals surface area contributed by atoms with Crippen LogP contribution in [-0.4, -0.2) is 26.6 Å². The molecule has 0 saturated carbocycles. The Balaban J connectivity index is 2.10. The molecule has 21 heavy (non-hydrogen) atoms. The van der Waals surface area contributed by atoms with E-state index in [9.17, 15) is 0 Å². The molecule has 0 N–H and O–H groups in total. The molecule has 4 heteroatoms. The summed E-state index contributed by atoms with van der Waals surface area (Å²) < 4.78 is 17.5. The molecule has 1 heterocycles. The third-order valence-electron chi connectivity index (χ3n) is 3.63. The Kier molecular flexibility index (Phi) is 4.19. The molecule has 0 amide bonds. The van der Waals surface area contributed by atoms with E-state index in [1.807, 2.05) is 24.3 Å². The van der Waals surface area contributed by atoms with Gasteiger partial charge in [-0.25, -0.2) is 0 Å². The van der Waals surface area contributed by atoms with Gasteiger partial charge in [-0.2, -0.15) is 0 Å². The first-order chi connectivity index (χ1) is 10.3. The van der Waals surface area contributed by atoms with Gasteiger partial charge in [-0.3, -0.25) is 0 Å². The lowest BCUT2D eigenvalue weighted by Gasteiger charge is -2.29. The minimum Gasteiger partial charge on any atom is -0.496 e. The van der Waals surface area contributed by atoms with E-state index in [2.05, 4.69) is 30.5 Å². The Labute approximate surface area is 129 Å². The fraction of sp³-hybridized carbons (Fsp3) is 0.294. The van der Waals surface area contributed by atoms with Gasteiger partial charge in [-0.05, 0) is 30.5 Å². The quantitative estimate of drug-likeness (QED) is 0.806. The van der Waals surface area contributed by atoms with Gasteiger partial charge in [-0.1, -0.05) is 24.3 Å². The van der Waals surface area contributed by atoms with Crippen LogP contribution in [0.3, 0.4) is 0 Å². The van der Waals surface area contributed by atoms with Crippen LogP contribution < -0.4 is 4.74 Å². The maximum atomic E-state index is 6.02. The standard InChI is InChI=1S/C17H18O3S/c1-18-16-6-4-3-5-15(16)17(19-11-12-20-17)13-7-9-14(21-2)10-8-13/h3-10H,11-12H2,1-2H3. The van der Waals surface area contributed by atoms with Crippen molar-refractivity contribution in [2.75, 3.05) is 26.6 Å². The van der Waals surface area contributed by atoms with Gasteiger partial charge in [-0.15, -0.1) is 11.8 Å². The predicted octanol–water partition coefficient (Wildman–Crippen LogP) is 3.67. The lowest BCUT2D eigenvalue weighted by atomic mass is 9.96. The molecule has 0 atom stereocenters. The zero-order valence-corrected chi connectivity index (χ0v) is 13.0. The summed E-state index contributed by atoms with van der Waals surface area (Å²) in [6, 6.07) is 16.1. The summed E-state index contributed by atoms with van der Waals surface area (Å²) in [4.78, 5) is 1.21. The average molecular weight is 302 g/mol. The van der Waals surface area contributed by atoms with Gasteiger partial charge in [0.25, 0.3) is 0 Å². The molecular formula is C17H18O3S. The molecule has 0 spiro atoms. The topological polar surface area (TPSA) is 27.7 Å². The van der Waals surface area contributed by atoms with Crippen molar-refractivity contribution < 1.29 is 14.2 Å². The molecule has 3 nitrogen and oxygen atoms in total. The van der Waals surface area contributed by atoms with Crippen LogP contribution in [-0.2, 0) is 15.3 Å². The van der Waals surface area contributed by atoms with Crippen LogP contribution in [0, 0.1) is 0 Å². The third kappa shape index (κ3) is 2.55. The van der Waals surface area contributed by atoms with Crippen LogP contribution in [0.5, 0.6) is 5.75 Å². The number of hydrogen-bond acceptors (Lipinski definition) is 4. The second-order valence-electron chi connectivity index (χ2n) is 4.74. The van der Waals surface area contributed by atoms with Crippen LogP contribution in [0.1, 0.15) is 11.1 Å². The van der Waals surface area contributed by atoms with E-state index in [-0.39, 0.29) is 0 Å². The van der Waals surface area contributed by atoms with Crippen molar-refractivity contribution in [3.8, 4) is 5.75 Å². The maximum absolute atomic E-state index is 6.02. The Hall–Kier alpha value is -1.49. The first-order valence-electron chi connectivity index (χ1n) is 6.86. The first kappa shape index (κ1) is 14.4. The largest absolute Gasteiger partial charge is 0.496 e. The van der Waals surface area contributed by atoms with Crippen LogP contribution >= 0.6 is 11.8 Å². The summed E-state index contributed by atoms with van der Waals surface area (Å²) in [5, 5.41) is 0. The summed E-state index contributed by atoms with van der Waals surface area (Å²) in [7, 11) is 1.66. The van der Waals surface area contributed by atoms with Crippen LogP contribution in [0.15, 0.2) is 53.4 Å². The van der Waals surface area contributed by atoms with Gasteiger partial charge < -0.3 is 14.2 Å². The lowest BCUT2D eigenvalue weighted by molar-refractivity contribution is -0.131. The van der Waals surface area contributed by atoms with E-state index in [4.69, 9.17) is 14.2 Å². The molecule has 0 aromatic heterocycles. The molecule has 1 aliphatic rings. The normalized spacial score (nSPS) is 16.9. The Bertz CT molecular complexity index is 604. The van der Waals surface area contributed by atoms with Gasteiger partial charge >= 0.3 is 0 Å². The number of thioether (sulfide) groups is 1. The summed E-state index contributed by atoms with van der Waals surface area (Å²) >= 11 is 1.72. The van der Waals surface area contributed by atoms with E-state index < -0.39 is 5.79 Å². The summed E-state index contributed by atoms with van der Waals surface area (Å²) in [6.45, 7) is 1.14. The van der Waals surface area contributed by atoms with E-state index in [1.165, 1.54) is 4.90 Å². The third-order valence-corrected chi connectivity index (χ3v) is 4.37. The number of methoxy groups -OCH3 is 1. The SMILES string of the molecule is COc1ccccc1C1(c2ccc(SC)cc2)OCCO1. The van der Waals surface area contributed by atoms with Gasteiger partial charge in [0, 0.05) is 10.5 Å². The Morgan fingerprint density at radius 2 is 1.67 bits per heavy atom. The Morgan fingerprint density at radius 3 is 2.29 bits per heavy atom. The number of benzene rings is 2. The lowest BCUT2D eigenvalue weighted by Crippen LogP contribution is -2.29. The fourth-order valence-corrected chi connectivity index (χ4v) is 3.03. The van der Waals surface area contributed by atoms with E-state index in [0.29, 0.717) is 13.2 Å². The molecular weight excluding hydrogens is 284 g/mol. The second-order valence-corrected chi connectivity index (χ2v) is 5.62. The van der Waals surface area contributed by atoms with Gasteiger partial charge in [0.2, 0.25) is 5.79 Å². The molecule has 0 unspecified atom stereocenters. The minimum absolute atomic E-state index is 0.572. The fourth-order valence-electron chi connectivity index (χ4n) is 2.62. The Morgan fingerprint density at radius 1 is 1.00 bits per heavy atom. The van der Waals surface area contributed by atoms with Gasteiger partial charge in [0.05, 0.1) is 25.9 Å². The minimum atomic E-state index is -0.871. The molecule has 1 aliphatic heterocycles. The number of hydrogen-bond donors (Lipinski definition) is 0. The van der Waals surface area contributed by atoms with E-state index in [1.54, 1.807) is 18.9 Å². The number of para-hydroxylation sites is 1. The monoisotopic (exact) mass is 302 g/mol. The maximum Gasteiger partial charge on any atom is 0.226 e. The van der Waals surface area contributed by atoms with Crippen molar-refractivity contribution >= 4 is 11.8 Å². The van der Waals surface area contributed by atoms with Gasteiger partial charge in [0.15, 0.2) is 0 Å². The molecule has 3 rings (SSSR count). The molecule has 2 aromatic carbocycles. The van der Waals surface area contributed by atoms with Gasteiger partial charge in [0.1, 0.15) is 5.75 Å². The van der Waals surface area contributed by atoms with Crippen LogP contribution in [0.4, 0.5) is 0 Å². The highest BCUT2D eigenvalue weighted by Gasteiger charge is 2.42. The molecule has 0 bridgehead atoms. The first-order valence-corrected chi connectivity index (χ1v) is 8.08. The summed E-state index contributed by atoms with van der Waals surface area (Å²) in [6.07, 6.45) is 2.06. The summed E-state index contributed by atoms with van der Waals surface area (Å²) in [5.74, 6) is -0.0999. The van der Waals surface area contributed by atoms with Crippen LogP contribution in [0.25, 0.3) is 0 Å². The molecule has 2 aromatic rings. The molecule has 110 valence electrons. The van der Waals surface area contributed by atoms with Crippen molar-refractivity contribution in [3.05, 3.63) is 59.7 Å². The number of ether oxygens (including phenoxy) is 3. The number of rotatable bonds is 4. The molecule has 1 saturated heterocycles. The van der Waals surface area contributed by atoms with Crippen molar-refractivity contribution in [1.82, 2.24) is 0 Å². The van der Waals surface area contributed by atoms with E-state index >= 15 is 0 Å². The molecule has 0 radical (unpaired) electrons. The zero-order valence-electron chi connectivity index (χ0n) is 12.2. The zero-order chi connectivity index (χ0) is 14.7. The smallest absolute Gasteiger partial charge is 0.226 e. The predicted molar refractivity (Wildman–Crippen MR) is 83.9 cm³/mol.